The summed E-state index contributed by atoms with van der Waals surface area (Å²) in [4.78, 5) is 9.58. The van der Waals surface area contributed by atoms with Crippen molar-refractivity contribution in [2.24, 2.45) is 0 Å². The van der Waals surface area contributed by atoms with Crippen LogP contribution in [0.25, 0.3) is 16.6 Å². The number of nitrogens with one attached hydrogen (secondary N) is 2. The quantitative estimate of drug-likeness (QED) is 0.690. The smallest absolute Gasteiger partial charge is 0.145 e. The normalized spacial score (nSPS) is 14.8. The molecule has 4 rings (SSSR count). The van der Waals surface area contributed by atoms with E-state index in [-0.39, 0.29) is 5.76 Å². The van der Waals surface area contributed by atoms with Crippen LogP contribution in [0.5, 0.6) is 0 Å². The number of hydrogen-bond acceptors (Lipinski definition) is 3. The Bertz CT molecular complexity index is 894. The van der Waals surface area contributed by atoms with Gasteiger partial charge in [-0.25, -0.2) is 4.98 Å². The second kappa shape index (κ2) is 5.85. The van der Waals surface area contributed by atoms with Gasteiger partial charge in [0.2, 0.25) is 0 Å². The van der Waals surface area contributed by atoms with E-state index in [1.54, 1.807) is 0 Å². The zero-order valence-corrected chi connectivity index (χ0v) is 13.2. The summed E-state index contributed by atoms with van der Waals surface area (Å²) in [6.07, 6.45) is 0.837. The number of amidine groups is 1. The lowest BCUT2D eigenvalue weighted by Crippen LogP contribution is -2.29. The Morgan fingerprint density at radius 1 is 1.08 bits per heavy atom. The molecule has 0 atom stereocenters. The summed E-state index contributed by atoms with van der Waals surface area (Å²) in [5, 5.41) is 18.8. The number of H-pyrrole nitrogens is 1. The van der Waals surface area contributed by atoms with E-state index in [4.69, 9.17) is 5.41 Å². The van der Waals surface area contributed by atoms with Gasteiger partial charge in [-0.15, -0.1) is 0 Å². The first-order chi connectivity index (χ1) is 11.7. The molecule has 24 heavy (non-hydrogen) atoms. The summed E-state index contributed by atoms with van der Waals surface area (Å²) < 4.78 is 0. The van der Waals surface area contributed by atoms with Crippen molar-refractivity contribution in [1.29, 1.82) is 5.41 Å². The summed E-state index contributed by atoms with van der Waals surface area (Å²) in [5.74, 6) is 1.08. The maximum absolute atomic E-state index is 10.3. The lowest BCUT2D eigenvalue weighted by Gasteiger charge is -2.18. The molecule has 2 aromatic carbocycles. The van der Waals surface area contributed by atoms with Crippen molar-refractivity contribution in [3.63, 3.8) is 0 Å². The molecular weight excluding hydrogens is 300 g/mol. The monoisotopic (exact) mass is 318 g/mol. The summed E-state index contributed by atoms with van der Waals surface area (Å²) in [6, 6.07) is 17.9. The van der Waals surface area contributed by atoms with E-state index in [2.05, 4.69) is 22.1 Å². The molecule has 0 spiro atoms. The fraction of sp³-hybridized carbons (Fsp3) is 0.158. The number of aromatic amines is 1. The van der Waals surface area contributed by atoms with E-state index < -0.39 is 0 Å². The van der Waals surface area contributed by atoms with Crippen molar-refractivity contribution < 1.29 is 5.11 Å². The maximum Gasteiger partial charge on any atom is 0.145 e. The third-order valence-electron chi connectivity index (χ3n) is 4.32. The van der Waals surface area contributed by atoms with Crippen LogP contribution in [0, 0.1) is 5.41 Å². The SMILES string of the molecule is N=C1C(c2nc3ccccc3[nH]2)=C(O)CN1CCc1ccccc1. The molecule has 1 aliphatic heterocycles. The van der Waals surface area contributed by atoms with E-state index in [0.29, 0.717) is 30.3 Å². The van der Waals surface area contributed by atoms with Crippen LogP contribution >= 0.6 is 0 Å². The molecule has 0 aliphatic carbocycles. The van der Waals surface area contributed by atoms with Crippen LogP contribution in [0.15, 0.2) is 60.4 Å². The first-order valence-corrected chi connectivity index (χ1v) is 7.97. The molecule has 1 aliphatic rings. The first kappa shape index (κ1) is 14.5. The van der Waals surface area contributed by atoms with Crippen LogP contribution in [0.1, 0.15) is 11.4 Å². The molecular formula is C19H18N4O. The predicted molar refractivity (Wildman–Crippen MR) is 95.1 cm³/mol. The molecule has 0 unspecified atom stereocenters. The molecule has 120 valence electrons. The number of nitrogens with zero attached hydrogens (tertiary/aromatic N) is 2. The molecule has 0 bridgehead atoms. The highest BCUT2D eigenvalue weighted by Crippen LogP contribution is 2.27. The van der Waals surface area contributed by atoms with E-state index in [0.717, 1.165) is 17.5 Å². The summed E-state index contributed by atoms with van der Waals surface area (Å²) in [5.41, 5.74) is 3.47. The second-order valence-electron chi connectivity index (χ2n) is 5.93. The minimum absolute atomic E-state index is 0.201. The molecule has 0 radical (unpaired) electrons. The largest absolute Gasteiger partial charge is 0.510 e. The number of benzene rings is 2. The highest BCUT2D eigenvalue weighted by atomic mass is 16.3. The Hall–Kier alpha value is -3.08. The van der Waals surface area contributed by atoms with Crippen LogP contribution < -0.4 is 0 Å². The molecule has 0 saturated heterocycles. The average molecular weight is 318 g/mol. The first-order valence-electron chi connectivity index (χ1n) is 7.97. The number of imidazole rings is 1. The zero-order chi connectivity index (χ0) is 16.5. The molecule has 5 nitrogen and oxygen atoms in total. The number of aliphatic hydroxyl groups is 1. The van der Waals surface area contributed by atoms with Gasteiger partial charge in [-0.2, -0.15) is 0 Å². The van der Waals surface area contributed by atoms with E-state index in [1.807, 2.05) is 47.4 Å². The number of fused-ring (bicyclic) bond motifs is 1. The van der Waals surface area contributed by atoms with Crippen LogP contribution in [0.3, 0.4) is 0 Å². The van der Waals surface area contributed by atoms with Gasteiger partial charge in [-0.05, 0) is 24.1 Å². The Morgan fingerprint density at radius 2 is 1.83 bits per heavy atom. The highest BCUT2D eigenvalue weighted by Gasteiger charge is 2.29. The molecule has 3 aromatic rings. The van der Waals surface area contributed by atoms with Gasteiger partial charge in [0.1, 0.15) is 17.4 Å². The summed E-state index contributed by atoms with van der Waals surface area (Å²) >= 11 is 0. The molecule has 2 heterocycles. The molecule has 5 heteroatoms. The Balaban J connectivity index is 1.54. The van der Waals surface area contributed by atoms with Crippen molar-refractivity contribution in [1.82, 2.24) is 14.9 Å². The van der Waals surface area contributed by atoms with Crippen LogP contribution in [-0.2, 0) is 6.42 Å². The van der Waals surface area contributed by atoms with Gasteiger partial charge in [0.15, 0.2) is 0 Å². The Kier molecular flexibility index (Phi) is 3.54. The van der Waals surface area contributed by atoms with Gasteiger partial charge in [0.25, 0.3) is 0 Å². The number of rotatable bonds is 4. The van der Waals surface area contributed by atoms with Crippen molar-refractivity contribution in [3.05, 3.63) is 71.7 Å². The Morgan fingerprint density at radius 3 is 2.62 bits per heavy atom. The van der Waals surface area contributed by atoms with Crippen molar-refractivity contribution in [3.8, 4) is 0 Å². The molecule has 3 N–H and O–H groups in total. The zero-order valence-electron chi connectivity index (χ0n) is 13.2. The average Bonchev–Trinajstić information content (AvgIpc) is 3.14. The minimum Gasteiger partial charge on any atom is -0.510 e. The third kappa shape index (κ3) is 2.54. The summed E-state index contributed by atoms with van der Waals surface area (Å²) in [7, 11) is 0. The number of hydrogen-bond donors (Lipinski definition) is 3. The number of aliphatic hydroxyl groups excluding tert-OH is 1. The minimum atomic E-state index is 0.201. The van der Waals surface area contributed by atoms with E-state index in [1.165, 1.54) is 5.56 Å². The van der Waals surface area contributed by atoms with Gasteiger partial charge in [-0.3, -0.25) is 5.41 Å². The van der Waals surface area contributed by atoms with E-state index in [9.17, 15) is 5.11 Å². The van der Waals surface area contributed by atoms with Gasteiger partial charge >= 0.3 is 0 Å². The lowest BCUT2D eigenvalue weighted by atomic mass is 10.1. The maximum atomic E-state index is 10.3. The van der Waals surface area contributed by atoms with Crippen LogP contribution in [0.4, 0.5) is 0 Å². The van der Waals surface area contributed by atoms with Gasteiger partial charge in [0.05, 0.1) is 23.2 Å². The van der Waals surface area contributed by atoms with E-state index >= 15 is 0 Å². The van der Waals surface area contributed by atoms with Crippen LogP contribution in [-0.4, -0.2) is 38.9 Å². The van der Waals surface area contributed by atoms with Crippen molar-refractivity contribution >= 4 is 22.4 Å². The van der Waals surface area contributed by atoms with Gasteiger partial charge in [0, 0.05) is 6.54 Å². The van der Waals surface area contributed by atoms with Gasteiger partial charge < -0.3 is 15.0 Å². The van der Waals surface area contributed by atoms with Crippen molar-refractivity contribution in [2.75, 3.05) is 13.1 Å². The molecule has 0 saturated carbocycles. The molecule has 0 fully saturated rings. The number of para-hydroxylation sites is 2. The fourth-order valence-corrected chi connectivity index (χ4v) is 3.05. The molecule has 1 aromatic heterocycles. The van der Waals surface area contributed by atoms with Crippen molar-refractivity contribution in [2.45, 2.75) is 6.42 Å². The predicted octanol–water partition coefficient (Wildman–Crippen LogP) is 3.37. The summed E-state index contributed by atoms with van der Waals surface area (Å²) in [6.45, 7) is 1.05. The molecule has 0 amide bonds. The topological polar surface area (TPSA) is 76.0 Å². The Labute approximate surface area is 139 Å². The number of aromatic nitrogens is 2. The van der Waals surface area contributed by atoms with Gasteiger partial charge in [-0.1, -0.05) is 42.5 Å². The van der Waals surface area contributed by atoms with Crippen LogP contribution in [0.2, 0.25) is 0 Å². The third-order valence-corrected chi connectivity index (χ3v) is 4.32. The standard InChI is InChI=1S/C19H18N4O/c20-18-17(19-21-14-8-4-5-9-15(14)22-19)16(24)12-23(18)11-10-13-6-2-1-3-7-13/h1-9,20,24H,10-12H2,(H,21,22). The highest BCUT2D eigenvalue weighted by molar-refractivity contribution is 6.23. The fourth-order valence-electron chi connectivity index (χ4n) is 3.05. The second-order valence-corrected chi connectivity index (χ2v) is 5.93. The lowest BCUT2D eigenvalue weighted by molar-refractivity contribution is 0.351.